The van der Waals surface area contributed by atoms with Crippen LogP contribution in [0.3, 0.4) is 0 Å². The van der Waals surface area contributed by atoms with Crippen LogP contribution in [0.2, 0.25) is 0 Å². The van der Waals surface area contributed by atoms with Gasteiger partial charge < -0.3 is 4.74 Å². The highest BCUT2D eigenvalue weighted by Crippen LogP contribution is 2.41. The monoisotopic (exact) mass is 356 g/mol. The zero-order valence-electron chi connectivity index (χ0n) is 11.6. The summed E-state index contributed by atoms with van der Waals surface area (Å²) in [5.41, 5.74) is -3.23. The van der Waals surface area contributed by atoms with Crippen molar-refractivity contribution < 1.29 is 39.9 Å². The summed E-state index contributed by atoms with van der Waals surface area (Å²) in [6, 6.07) is 5.80. The molecule has 0 atom stereocenters. The summed E-state index contributed by atoms with van der Waals surface area (Å²) in [4.78, 5) is 0. The lowest BCUT2D eigenvalue weighted by Crippen LogP contribution is -2.17. The van der Waals surface area contributed by atoms with Gasteiger partial charge in [0.15, 0.2) is 0 Å². The molecule has 0 heterocycles. The summed E-state index contributed by atoms with van der Waals surface area (Å²) in [6.45, 7) is 0. The number of alkyl halides is 8. The Labute approximate surface area is 130 Å². The van der Waals surface area contributed by atoms with Crippen LogP contribution in [0, 0.1) is 0 Å². The third-order valence-corrected chi connectivity index (χ3v) is 3.02. The van der Waals surface area contributed by atoms with Gasteiger partial charge >= 0.3 is 12.5 Å². The van der Waals surface area contributed by atoms with Crippen molar-refractivity contribution in [3.8, 4) is 16.9 Å². The maximum Gasteiger partial charge on any atom is 0.573 e. The summed E-state index contributed by atoms with van der Waals surface area (Å²) in [6.07, 6.45) is -13.3. The second-order valence-corrected chi connectivity index (χ2v) is 4.64. The summed E-state index contributed by atoms with van der Waals surface area (Å²) in [5.74, 6) is -0.786. The zero-order chi connectivity index (χ0) is 18.1. The van der Waals surface area contributed by atoms with E-state index in [0.29, 0.717) is 12.1 Å². The summed E-state index contributed by atoms with van der Waals surface area (Å²) < 4.78 is 105. The van der Waals surface area contributed by atoms with Crippen molar-refractivity contribution in [3.63, 3.8) is 0 Å². The SMILES string of the molecule is FC(F)c1cc(C(F)(F)F)ccc1-c1ccccc1OC(F)(F)F. The average Bonchev–Trinajstić information content (AvgIpc) is 2.44. The Morgan fingerprint density at radius 3 is 1.96 bits per heavy atom. The molecule has 0 spiro atoms. The molecule has 0 amide bonds. The molecule has 1 nitrogen and oxygen atoms in total. The van der Waals surface area contributed by atoms with Gasteiger partial charge in [0.1, 0.15) is 5.75 Å². The number of ether oxygens (including phenoxy) is 1. The van der Waals surface area contributed by atoms with Crippen LogP contribution in [0.1, 0.15) is 17.6 Å². The van der Waals surface area contributed by atoms with Crippen LogP contribution in [-0.4, -0.2) is 6.36 Å². The second kappa shape index (κ2) is 6.29. The molecule has 130 valence electrons. The quantitative estimate of drug-likeness (QED) is 0.594. The molecular weight excluding hydrogens is 348 g/mol. The molecule has 0 N–H and O–H groups in total. The van der Waals surface area contributed by atoms with E-state index in [-0.39, 0.29) is 11.6 Å². The van der Waals surface area contributed by atoms with Crippen LogP contribution in [-0.2, 0) is 6.18 Å². The van der Waals surface area contributed by atoms with Gasteiger partial charge in [-0.2, -0.15) is 13.2 Å². The lowest BCUT2D eigenvalue weighted by atomic mass is 9.96. The smallest absolute Gasteiger partial charge is 0.405 e. The van der Waals surface area contributed by atoms with E-state index < -0.39 is 41.4 Å². The van der Waals surface area contributed by atoms with Crippen molar-refractivity contribution in [3.05, 3.63) is 53.6 Å². The van der Waals surface area contributed by atoms with Gasteiger partial charge in [-0.25, -0.2) is 8.78 Å². The molecule has 0 aromatic heterocycles. The highest BCUT2D eigenvalue weighted by atomic mass is 19.4. The first kappa shape index (κ1) is 18.0. The number of rotatable bonds is 3. The number of para-hydroxylation sites is 1. The first-order valence-electron chi connectivity index (χ1n) is 6.33. The third kappa shape index (κ3) is 4.15. The van der Waals surface area contributed by atoms with Crippen molar-refractivity contribution in [2.24, 2.45) is 0 Å². The standard InChI is InChI=1S/C15H8F8O/c16-13(17)11-7-8(14(18,19)20)5-6-9(11)10-3-1-2-4-12(10)24-15(21,22)23/h1-7,13H. The minimum atomic E-state index is -5.08. The molecular formula is C15H8F8O. The van der Waals surface area contributed by atoms with Gasteiger partial charge in [0.2, 0.25) is 0 Å². The lowest BCUT2D eigenvalue weighted by molar-refractivity contribution is -0.274. The summed E-state index contributed by atoms with van der Waals surface area (Å²) in [5, 5.41) is 0. The zero-order valence-corrected chi connectivity index (χ0v) is 11.6. The van der Waals surface area contributed by atoms with Crippen molar-refractivity contribution in [1.29, 1.82) is 0 Å². The molecule has 0 aliphatic rings. The van der Waals surface area contributed by atoms with E-state index in [4.69, 9.17) is 0 Å². The predicted molar refractivity (Wildman–Crippen MR) is 68.5 cm³/mol. The van der Waals surface area contributed by atoms with Crippen LogP contribution in [0.4, 0.5) is 35.1 Å². The van der Waals surface area contributed by atoms with Crippen LogP contribution in [0.15, 0.2) is 42.5 Å². The maximum absolute atomic E-state index is 13.1. The Kier molecular flexibility index (Phi) is 4.73. The molecule has 0 unspecified atom stereocenters. The Morgan fingerprint density at radius 2 is 1.42 bits per heavy atom. The van der Waals surface area contributed by atoms with E-state index in [9.17, 15) is 35.1 Å². The van der Waals surface area contributed by atoms with Gasteiger partial charge in [0.25, 0.3) is 6.43 Å². The fraction of sp³-hybridized carbons (Fsp3) is 0.200. The van der Waals surface area contributed by atoms with E-state index in [2.05, 4.69) is 4.74 Å². The van der Waals surface area contributed by atoms with E-state index in [1.807, 2.05) is 0 Å². The molecule has 0 radical (unpaired) electrons. The fourth-order valence-electron chi connectivity index (χ4n) is 2.07. The minimum absolute atomic E-state index is 0.213. The topological polar surface area (TPSA) is 9.23 Å². The van der Waals surface area contributed by atoms with Crippen molar-refractivity contribution in [2.45, 2.75) is 19.0 Å². The predicted octanol–water partition coefficient (Wildman–Crippen LogP) is 6.21. The Balaban J connectivity index is 2.61. The summed E-state index contributed by atoms with van der Waals surface area (Å²) >= 11 is 0. The average molecular weight is 356 g/mol. The number of hydrogen-bond donors (Lipinski definition) is 0. The fourth-order valence-corrected chi connectivity index (χ4v) is 2.07. The molecule has 0 aliphatic carbocycles. The molecule has 0 saturated heterocycles. The Morgan fingerprint density at radius 1 is 0.792 bits per heavy atom. The summed E-state index contributed by atoms with van der Waals surface area (Å²) in [7, 11) is 0. The van der Waals surface area contributed by atoms with Crippen LogP contribution in [0.5, 0.6) is 5.75 Å². The van der Waals surface area contributed by atoms with E-state index in [1.54, 1.807) is 0 Å². The van der Waals surface area contributed by atoms with Crippen molar-refractivity contribution >= 4 is 0 Å². The van der Waals surface area contributed by atoms with Gasteiger partial charge in [-0.05, 0) is 23.8 Å². The maximum atomic E-state index is 13.1. The number of hydrogen-bond acceptors (Lipinski definition) is 1. The molecule has 9 heteroatoms. The first-order valence-corrected chi connectivity index (χ1v) is 6.33. The largest absolute Gasteiger partial charge is 0.573 e. The normalized spacial score (nSPS) is 12.5. The van der Waals surface area contributed by atoms with Crippen molar-refractivity contribution in [1.82, 2.24) is 0 Å². The van der Waals surface area contributed by atoms with Gasteiger partial charge in [0.05, 0.1) is 5.56 Å². The first-order chi connectivity index (χ1) is 11.0. The van der Waals surface area contributed by atoms with E-state index in [1.165, 1.54) is 12.1 Å². The molecule has 0 saturated carbocycles. The highest BCUT2D eigenvalue weighted by Gasteiger charge is 2.34. The van der Waals surface area contributed by atoms with Gasteiger partial charge in [-0.15, -0.1) is 13.2 Å². The van der Waals surface area contributed by atoms with Crippen LogP contribution >= 0.6 is 0 Å². The van der Waals surface area contributed by atoms with Gasteiger partial charge in [0, 0.05) is 11.1 Å². The van der Waals surface area contributed by atoms with Gasteiger partial charge in [-0.1, -0.05) is 24.3 Å². The Bertz CT molecular complexity index is 718. The van der Waals surface area contributed by atoms with Gasteiger partial charge in [-0.3, -0.25) is 0 Å². The molecule has 24 heavy (non-hydrogen) atoms. The second-order valence-electron chi connectivity index (χ2n) is 4.64. The van der Waals surface area contributed by atoms with E-state index >= 15 is 0 Å². The Hall–Kier alpha value is -2.32. The third-order valence-electron chi connectivity index (χ3n) is 3.02. The minimum Gasteiger partial charge on any atom is -0.405 e. The van der Waals surface area contributed by atoms with Crippen LogP contribution < -0.4 is 4.74 Å². The molecule has 0 fully saturated rings. The van der Waals surface area contributed by atoms with Crippen molar-refractivity contribution in [2.75, 3.05) is 0 Å². The van der Waals surface area contributed by atoms with Crippen LogP contribution in [0.25, 0.3) is 11.1 Å². The molecule has 2 aromatic rings. The molecule has 2 aromatic carbocycles. The number of halogens is 8. The highest BCUT2D eigenvalue weighted by molar-refractivity contribution is 5.74. The van der Waals surface area contributed by atoms with E-state index in [0.717, 1.165) is 12.1 Å². The molecule has 0 aliphatic heterocycles. The number of benzene rings is 2. The molecule has 0 bridgehead atoms. The lowest BCUT2D eigenvalue weighted by Gasteiger charge is -2.17. The molecule has 2 rings (SSSR count).